The van der Waals surface area contributed by atoms with Gasteiger partial charge >= 0.3 is 12.1 Å². The molecule has 4 N–H and O–H groups in total. The van der Waals surface area contributed by atoms with Crippen LogP contribution in [0, 0.1) is 5.82 Å². The number of carbonyl (C=O) groups excluding carboxylic acids is 2. The maximum Gasteiger partial charge on any atom is 0.411 e. The fourth-order valence-electron chi connectivity index (χ4n) is 2.10. The largest absolute Gasteiger partial charge is 0.450 e. The number of rotatable bonds is 7. The number of esters is 1. The number of carbonyl (C=O) groups is 2. The molecule has 2 aromatic rings. The van der Waals surface area contributed by atoms with E-state index in [4.69, 9.17) is 15.2 Å². The number of benzene rings is 1. The SMILES string of the molecule is CCOC(=O)Nc1c(OC(=O)CC)cc(NCc2ccc(F)cc2)nc1N. The normalized spacial score (nSPS) is 10.2. The Labute approximate surface area is 155 Å². The van der Waals surface area contributed by atoms with Gasteiger partial charge in [0.2, 0.25) is 0 Å². The summed E-state index contributed by atoms with van der Waals surface area (Å²) in [5.41, 5.74) is 6.77. The standard InChI is InChI=1S/C18H21FN4O4/c1-3-15(24)27-13-9-14(21-10-11-5-7-12(19)8-6-11)22-17(20)16(13)23-18(25)26-4-2/h5-9H,3-4,10H2,1-2H3,(H,23,25)(H3,20,21,22). The lowest BCUT2D eigenvalue weighted by Gasteiger charge is -2.15. The van der Waals surface area contributed by atoms with E-state index in [1.165, 1.54) is 18.2 Å². The molecule has 0 atom stereocenters. The molecule has 1 heterocycles. The number of nitrogens with one attached hydrogen (secondary N) is 2. The first-order chi connectivity index (χ1) is 12.9. The molecule has 2 rings (SSSR count). The smallest absolute Gasteiger partial charge is 0.411 e. The Morgan fingerprint density at radius 2 is 1.93 bits per heavy atom. The van der Waals surface area contributed by atoms with E-state index < -0.39 is 12.1 Å². The van der Waals surface area contributed by atoms with Gasteiger partial charge in [0.1, 0.15) is 17.3 Å². The predicted molar refractivity (Wildman–Crippen MR) is 98.9 cm³/mol. The summed E-state index contributed by atoms with van der Waals surface area (Å²) in [5, 5.41) is 5.43. The molecule has 9 heteroatoms. The summed E-state index contributed by atoms with van der Waals surface area (Å²) < 4.78 is 23.0. The van der Waals surface area contributed by atoms with Crippen LogP contribution in [0.1, 0.15) is 25.8 Å². The summed E-state index contributed by atoms with van der Waals surface area (Å²) >= 11 is 0. The highest BCUT2D eigenvalue weighted by Crippen LogP contribution is 2.33. The number of nitrogens with two attached hydrogens (primary N) is 1. The number of hydrogen-bond donors (Lipinski definition) is 3. The molecule has 0 bridgehead atoms. The third-order valence-corrected chi connectivity index (χ3v) is 3.41. The van der Waals surface area contributed by atoms with Crippen LogP contribution in [-0.4, -0.2) is 23.7 Å². The predicted octanol–water partition coefficient (Wildman–Crippen LogP) is 3.30. The highest BCUT2D eigenvalue weighted by Gasteiger charge is 2.17. The third-order valence-electron chi connectivity index (χ3n) is 3.41. The molecule has 27 heavy (non-hydrogen) atoms. The number of halogens is 1. The minimum atomic E-state index is -0.744. The number of aromatic nitrogens is 1. The molecule has 1 aromatic heterocycles. The van der Waals surface area contributed by atoms with Crippen LogP contribution in [0.25, 0.3) is 0 Å². The van der Waals surface area contributed by atoms with Crippen LogP contribution >= 0.6 is 0 Å². The highest BCUT2D eigenvalue weighted by atomic mass is 19.1. The Morgan fingerprint density at radius 3 is 2.56 bits per heavy atom. The van der Waals surface area contributed by atoms with Gasteiger partial charge in [-0.2, -0.15) is 0 Å². The molecule has 1 aromatic carbocycles. The van der Waals surface area contributed by atoms with Crippen LogP contribution in [0.3, 0.4) is 0 Å². The molecule has 0 aliphatic carbocycles. The van der Waals surface area contributed by atoms with E-state index in [2.05, 4.69) is 15.6 Å². The molecule has 144 valence electrons. The van der Waals surface area contributed by atoms with Crippen molar-refractivity contribution in [2.45, 2.75) is 26.8 Å². The molecule has 0 aliphatic heterocycles. The van der Waals surface area contributed by atoms with Crippen molar-refractivity contribution in [3.05, 3.63) is 41.7 Å². The van der Waals surface area contributed by atoms with Gasteiger partial charge in [0.25, 0.3) is 0 Å². The van der Waals surface area contributed by atoms with Crippen molar-refractivity contribution in [1.82, 2.24) is 4.98 Å². The van der Waals surface area contributed by atoms with Gasteiger partial charge in [-0.3, -0.25) is 10.1 Å². The summed E-state index contributed by atoms with van der Waals surface area (Å²) in [6.45, 7) is 3.81. The molecular weight excluding hydrogens is 355 g/mol. The zero-order valence-electron chi connectivity index (χ0n) is 15.0. The molecule has 0 spiro atoms. The van der Waals surface area contributed by atoms with Gasteiger partial charge in [-0.15, -0.1) is 0 Å². The Hall–Kier alpha value is -3.36. The number of ether oxygens (including phenoxy) is 2. The summed E-state index contributed by atoms with van der Waals surface area (Å²) in [6, 6.07) is 7.38. The Balaban J connectivity index is 2.23. The van der Waals surface area contributed by atoms with Gasteiger partial charge in [0.15, 0.2) is 11.6 Å². The van der Waals surface area contributed by atoms with Gasteiger partial charge in [-0.25, -0.2) is 14.2 Å². The molecule has 0 saturated heterocycles. The van der Waals surface area contributed by atoms with Crippen molar-refractivity contribution in [2.75, 3.05) is 23.0 Å². The third kappa shape index (κ3) is 5.84. The number of amides is 1. The fraction of sp³-hybridized carbons (Fsp3) is 0.278. The van der Waals surface area contributed by atoms with Gasteiger partial charge in [0, 0.05) is 19.0 Å². The molecular formula is C18H21FN4O4. The van der Waals surface area contributed by atoms with E-state index in [9.17, 15) is 14.0 Å². The second-order valence-corrected chi connectivity index (χ2v) is 5.42. The maximum absolute atomic E-state index is 13.0. The van der Waals surface area contributed by atoms with Crippen molar-refractivity contribution in [2.24, 2.45) is 0 Å². The molecule has 1 amide bonds. The lowest BCUT2D eigenvalue weighted by molar-refractivity contribution is -0.133. The number of anilines is 3. The first-order valence-corrected chi connectivity index (χ1v) is 8.36. The quantitative estimate of drug-likeness (QED) is 0.635. The number of pyridine rings is 1. The number of nitrogen functional groups attached to an aromatic ring is 1. The molecule has 0 fully saturated rings. The van der Waals surface area contributed by atoms with Crippen molar-refractivity contribution >= 4 is 29.4 Å². The topological polar surface area (TPSA) is 116 Å². The average molecular weight is 376 g/mol. The van der Waals surface area contributed by atoms with Crippen LogP contribution in [-0.2, 0) is 16.1 Å². The first kappa shape index (κ1) is 20.0. The van der Waals surface area contributed by atoms with E-state index in [1.807, 2.05) is 0 Å². The van der Waals surface area contributed by atoms with Crippen molar-refractivity contribution in [3.63, 3.8) is 0 Å². The van der Waals surface area contributed by atoms with Gasteiger partial charge in [0.05, 0.1) is 6.61 Å². The van der Waals surface area contributed by atoms with Crippen molar-refractivity contribution < 1.29 is 23.5 Å². The molecule has 0 saturated carbocycles. The summed E-state index contributed by atoms with van der Waals surface area (Å²) in [5.74, 6) is -0.513. The second-order valence-electron chi connectivity index (χ2n) is 5.42. The lowest BCUT2D eigenvalue weighted by Crippen LogP contribution is -2.18. The molecule has 0 unspecified atom stereocenters. The minimum absolute atomic E-state index is 0.0441. The Bertz CT molecular complexity index is 812. The maximum atomic E-state index is 13.0. The summed E-state index contributed by atoms with van der Waals surface area (Å²) in [7, 11) is 0. The summed E-state index contributed by atoms with van der Waals surface area (Å²) in [6.07, 6.45) is -0.605. The van der Waals surface area contributed by atoms with E-state index in [1.54, 1.807) is 26.0 Å². The van der Waals surface area contributed by atoms with E-state index in [0.717, 1.165) is 5.56 Å². The second kappa shape index (κ2) is 9.37. The number of hydrogen-bond acceptors (Lipinski definition) is 7. The van der Waals surface area contributed by atoms with Gasteiger partial charge in [-0.05, 0) is 24.6 Å². The molecule has 0 radical (unpaired) electrons. The van der Waals surface area contributed by atoms with Crippen LogP contribution in [0.4, 0.5) is 26.5 Å². The zero-order chi connectivity index (χ0) is 19.8. The highest BCUT2D eigenvalue weighted by molar-refractivity contribution is 5.92. The van der Waals surface area contributed by atoms with Crippen LogP contribution in [0.2, 0.25) is 0 Å². The number of nitrogens with zero attached hydrogens (tertiary/aromatic N) is 1. The Morgan fingerprint density at radius 1 is 1.22 bits per heavy atom. The summed E-state index contributed by atoms with van der Waals surface area (Å²) in [4.78, 5) is 27.5. The van der Waals surface area contributed by atoms with Gasteiger partial charge < -0.3 is 20.5 Å². The first-order valence-electron chi connectivity index (χ1n) is 8.36. The average Bonchev–Trinajstić information content (AvgIpc) is 2.64. The van der Waals surface area contributed by atoms with Gasteiger partial charge in [-0.1, -0.05) is 19.1 Å². The van der Waals surface area contributed by atoms with Crippen LogP contribution < -0.4 is 21.1 Å². The van der Waals surface area contributed by atoms with Crippen molar-refractivity contribution in [3.8, 4) is 5.75 Å². The lowest BCUT2D eigenvalue weighted by atomic mass is 10.2. The molecule has 8 nitrogen and oxygen atoms in total. The molecule has 0 aliphatic rings. The van der Waals surface area contributed by atoms with Crippen LogP contribution in [0.15, 0.2) is 30.3 Å². The van der Waals surface area contributed by atoms with E-state index >= 15 is 0 Å². The monoisotopic (exact) mass is 376 g/mol. The van der Waals surface area contributed by atoms with E-state index in [0.29, 0.717) is 12.4 Å². The van der Waals surface area contributed by atoms with Crippen LogP contribution in [0.5, 0.6) is 5.75 Å². The Kier molecular flexibility index (Phi) is 6.93. The zero-order valence-corrected chi connectivity index (χ0v) is 15.0. The van der Waals surface area contributed by atoms with Crippen molar-refractivity contribution in [1.29, 1.82) is 0 Å². The van der Waals surface area contributed by atoms with E-state index in [-0.39, 0.29) is 36.1 Å². The minimum Gasteiger partial charge on any atom is -0.450 e. The fourth-order valence-corrected chi connectivity index (χ4v) is 2.10.